The van der Waals surface area contributed by atoms with Crippen LogP contribution in [-0.4, -0.2) is 19.6 Å². The van der Waals surface area contributed by atoms with Crippen molar-refractivity contribution in [3.8, 4) is 11.1 Å². The van der Waals surface area contributed by atoms with Crippen LogP contribution in [0.25, 0.3) is 27.7 Å². The van der Waals surface area contributed by atoms with Crippen LogP contribution in [0.4, 0.5) is 0 Å². The Morgan fingerprint density at radius 3 is 2.68 bits per heavy atom. The molecular formula is C27H32N4. The van der Waals surface area contributed by atoms with Crippen molar-refractivity contribution in [1.29, 1.82) is 0 Å². The lowest BCUT2D eigenvalue weighted by molar-refractivity contribution is 0.462. The van der Waals surface area contributed by atoms with E-state index in [1.165, 1.54) is 61.5 Å². The second kappa shape index (κ2) is 8.78. The van der Waals surface area contributed by atoms with Gasteiger partial charge in [0, 0.05) is 29.5 Å². The molecule has 0 spiro atoms. The molecule has 2 unspecified atom stereocenters. The molecule has 0 bridgehead atoms. The van der Waals surface area contributed by atoms with Crippen LogP contribution in [0.15, 0.2) is 49.1 Å². The number of rotatable bonds is 3. The van der Waals surface area contributed by atoms with Crippen molar-refractivity contribution < 1.29 is 0 Å². The molecule has 4 heteroatoms. The Kier molecular flexibility index (Phi) is 5.71. The highest BCUT2D eigenvalue weighted by molar-refractivity contribution is 5.98. The van der Waals surface area contributed by atoms with Gasteiger partial charge >= 0.3 is 0 Å². The number of para-hydroxylation sites is 1. The summed E-state index contributed by atoms with van der Waals surface area (Å²) in [5, 5.41) is 5.88. The number of nitrogens with zero attached hydrogens (tertiary/aromatic N) is 4. The number of hydrogen-bond acceptors (Lipinski definition) is 3. The SMILES string of the molecule is CCc1cccc2c(-c3cnn4cc(C5CCCCC(C)CCC5)cnc34)ccnc12. The quantitative estimate of drug-likeness (QED) is 0.365. The molecule has 1 aromatic carbocycles. The van der Waals surface area contributed by atoms with Gasteiger partial charge in [-0.25, -0.2) is 9.50 Å². The van der Waals surface area contributed by atoms with Crippen LogP contribution in [-0.2, 0) is 6.42 Å². The molecule has 0 amide bonds. The number of pyridine rings is 1. The molecule has 1 aliphatic carbocycles. The van der Waals surface area contributed by atoms with E-state index in [-0.39, 0.29) is 0 Å². The third-order valence-corrected chi connectivity index (χ3v) is 7.12. The van der Waals surface area contributed by atoms with E-state index >= 15 is 0 Å². The minimum atomic E-state index is 0.601. The van der Waals surface area contributed by atoms with Crippen molar-refractivity contribution >= 4 is 16.6 Å². The Balaban J connectivity index is 1.51. The molecule has 160 valence electrons. The summed E-state index contributed by atoms with van der Waals surface area (Å²) >= 11 is 0. The van der Waals surface area contributed by atoms with Crippen LogP contribution >= 0.6 is 0 Å². The van der Waals surface area contributed by atoms with Gasteiger partial charge in [-0.05, 0) is 53.9 Å². The third-order valence-electron chi connectivity index (χ3n) is 7.12. The summed E-state index contributed by atoms with van der Waals surface area (Å²) < 4.78 is 1.98. The Bertz CT molecular complexity index is 1190. The first kappa shape index (κ1) is 20.2. The maximum absolute atomic E-state index is 4.91. The number of fused-ring (bicyclic) bond motifs is 2. The molecule has 1 aliphatic rings. The highest BCUT2D eigenvalue weighted by Gasteiger charge is 2.18. The van der Waals surface area contributed by atoms with Crippen LogP contribution in [0.5, 0.6) is 0 Å². The molecule has 4 aromatic rings. The Hall–Kier alpha value is -2.75. The molecule has 0 aliphatic heterocycles. The topological polar surface area (TPSA) is 43.1 Å². The zero-order chi connectivity index (χ0) is 21.2. The maximum Gasteiger partial charge on any atom is 0.162 e. The fraction of sp³-hybridized carbons (Fsp3) is 0.444. The summed E-state index contributed by atoms with van der Waals surface area (Å²) in [6.45, 7) is 4.59. The van der Waals surface area contributed by atoms with Crippen LogP contribution in [0, 0.1) is 5.92 Å². The van der Waals surface area contributed by atoms with Crippen LogP contribution in [0.2, 0.25) is 0 Å². The second-order valence-corrected chi connectivity index (χ2v) is 9.26. The molecule has 2 atom stereocenters. The molecule has 31 heavy (non-hydrogen) atoms. The van der Waals surface area contributed by atoms with Crippen LogP contribution < -0.4 is 0 Å². The number of hydrogen-bond donors (Lipinski definition) is 0. The lowest BCUT2D eigenvalue weighted by Gasteiger charge is -2.16. The largest absolute Gasteiger partial charge is 0.256 e. The van der Waals surface area contributed by atoms with Gasteiger partial charge < -0.3 is 0 Å². The molecule has 1 saturated carbocycles. The van der Waals surface area contributed by atoms with Gasteiger partial charge in [0.1, 0.15) is 0 Å². The predicted molar refractivity (Wildman–Crippen MR) is 127 cm³/mol. The first-order valence-electron chi connectivity index (χ1n) is 11.9. The monoisotopic (exact) mass is 412 g/mol. The molecule has 3 heterocycles. The third kappa shape index (κ3) is 3.96. The summed E-state index contributed by atoms with van der Waals surface area (Å²) in [6.07, 6.45) is 18.4. The maximum atomic E-state index is 4.91. The molecule has 0 saturated heterocycles. The summed E-state index contributed by atoms with van der Waals surface area (Å²) in [5.74, 6) is 1.47. The number of benzene rings is 1. The van der Waals surface area contributed by atoms with Gasteiger partial charge in [-0.2, -0.15) is 5.10 Å². The van der Waals surface area contributed by atoms with Gasteiger partial charge in [-0.3, -0.25) is 4.98 Å². The van der Waals surface area contributed by atoms with Gasteiger partial charge in [0.05, 0.1) is 11.7 Å². The number of aryl methyl sites for hydroxylation is 1. The van der Waals surface area contributed by atoms with Gasteiger partial charge in [0.15, 0.2) is 5.65 Å². The van der Waals surface area contributed by atoms with Crippen LogP contribution in [0.3, 0.4) is 0 Å². The average molecular weight is 413 g/mol. The van der Waals surface area contributed by atoms with Crippen molar-refractivity contribution in [2.24, 2.45) is 5.92 Å². The number of aromatic nitrogens is 4. The standard InChI is InChI=1S/C27H32N4/c1-3-20-11-7-13-24-23(14-15-28-26(20)24)25-17-30-31-18-22(16-29-27(25)31)21-10-5-4-8-19(2)9-6-12-21/h7,11,13-19,21H,3-6,8-10,12H2,1-2H3. The normalized spacial score (nSPS) is 20.5. The van der Waals surface area contributed by atoms with Gasteiger partial charge in [0.2, 0.25) is 0 Å². The summed E-state index contributed by atoms with van der Waals surface area (Å²) in [7, 11) is 0. The fourth-order valence-electron chi connectivity index (χ4n) is 5.27. The summed E-state index contributed by atoms with van der Waals surface area (Å²) in [4.78, 5) is 9.57. The van der Waals surface area contributed by atoms with Gasteiger partial charge in [-0.15, -0.1) is 0 Å². The molecule has 0 N–H and O–H groups in total. The highest BCUT2D eigenvalue weighted by atomic mass is 15.2. The van der Waals surface area contributed by atoms with E-state index in [0.717, 1.165) is 34.6 Å². The van der Waals surface area contributed by atoms with Crippen molar-refractivity contribution in [3.05, 3.63) is 60.2 Å². The minimum Gasteiger partial charge on any atom is -0.256 e. The first-order valence-corrected chi connectivity index (χ1v) is 11.9. The second-order valence-electron chi connectivity index (χ2n) is 9.26. The molecule has 4 nitrogen and oxygen atoms in total. The highest BCUT2D eigenvalue weighted by Crippen LogP contribution is 2.34. The van der Waals surface area contributed by atoms with Crippen LogP contribution in [0.1, 0.15) is 75.8 Å². The lowest BCUT2D eigenvalue weighted by atomic mass is 9.91. The molecule has 3 aromatic heterocycles. The van der Waals surface area contributed by atoms with E-state index in [1.807, 2.05) is 16.9 Å². The summed E-state index contributed by atoms with van der Waals surface area (Å²) in [6, 6.07) is 8.54. The van der Waals surface area contributed by atoms with Crippen molar-refractivity contribution in [3.63, 3.8) is 0 Å². The van der Waals surface area contributed by atoms with Crippen molar-refractivity contribution in [2.75, 3.05) is 0 Å². The minimum absolute atomic E-state index is 0.601. The van der Waals surface area contributed by atoms with E-state index in [2.05, 4.69) is 55.5 Å². The Morgan fingerprint density at radius 2 is 1.77 bits per heavy atom. The Morgan fingerprint density at radius 1 is 0.935 bits per heavy atom. The van der Waals surface area contributed by atoms with E-state index in [1.54, 1.807) is 0 Å². The zero-order valence-corrected chi connectivity index (χ0v) is 18.7. The molecule has 5 rings (SSSR count). The van der Waals surface area contributed by atoms with E-state index in [0.29, 0.717) is 5.92 Å². The molecule has 1 fully saturated rings. The van der Waals surface area contributed by atoms with E-state index in [4.69, 9.17) is 10.1 Å². The fourth-order valence-corrected chi connectivity index (χ4v) is 5.27. The van der Waals surface area contributed by atoms with Crippen molar-refractivity contribution in [2.45, 2.75) is 71.1 Å². The first-order chi connectivity index (χ1) is 15.2. The molecular weight excluding hydrogens is 380 g/mol. The molecule has 0 radical (unpaired) electrons. The van der Waals surface area contributed by atoms with E-state index in [9.17, 15) is 0 Å². The smallest absolute Gasteiger partial charge is 0.162 e. The van der Waals surface area contributed by atoms with E-state index < -0.39 is 0 Å². The lowest BCUT2D eigenvalue weighted by Crippen LogP contribution is -2.03. The Labute approximate surface area is 184 Å². The zero-order valence-electron chi connectivity index (χ0n) is 18.7. The summed E-state index contributed by atoms with van der Waals surface area (Å²) in [5.41, 5.74) is 6.86. The predicted octanol–water partition coefficient (Wildman–Crippen LogP) is 6.97. The van der Waals surface area contributed by atoms with Gasteiger partial charge in [0.25, 0.3) is 0 Å². The van der Waals surface area contributed by atoms with Crippen molar-refractivity contribution in [1.82, 2.24) is 19.6 Å². The average Bonchev–Trinajstić information content (AvgIpc) is 3.26. The van der Waals surface area contributed by atoms with Gasteiger partial charge in [-0.1, -0.05) is 64.2 Å².